The molecule has 0 N–H and O–H groups in total. The Kier molecular flexibility index (Phi) is 4.04. The normalized spacial score (nSPS) is 10.8. The monoisotopic (exact) mass is 362 g/mol. The summed E-state index contributed by atoms with van der Waals surface area (Å²) in [5, 5.41) is 0.488. The van der Waals surface area contributed by atoms with Gasteiger partial charge in [-0.05, 0) is 41.1 Å². The molecule has 2 rings (SSSR count). The first kappa shape index (κ1) is 12.8. The van der Waals surface area contributed by atoms with E-state index in [9.17, 15) is 0 Å². The van der Waals surface area contributed by atoms with E-state index in [1.165, 1.54) is 0 Å². The van der Waals surface area contributed by atoms with Crippen LogP contribution in [0.3, 0.4) is 0 Å². The zero-order valence-corrected chi connectivity index (χ0v) is 12.5. The Morgan fingerprint density at radius 1 is 1.24 bits per heavy atom. The molecule has 90 valence electrons. The highest BCUT2D eigenvalue weighted by Gasteiger charge is 2.13. The van der Waals surface area contributed by atoms with Crippen LogP contribution in [0.4, 0.5) is 0 Å². The van der Waals surface area contributed by atoms with Gasteiger partial charge in [0.15, 0.2) is 11.6 Å². The van der Waals surface area contributed by atoms with E-state index < -0.39 is 0 Å². The molecule has 0 aliphatic heterocycles. The maximum absolute atomic E-state index is 6.09. The third kappa shape index (κ3) is 2.63. The smallest absolute Gasteiger partial charge is 0.197 e. The van der Waals surface area contributed by atoms with Gasteiger partial charge in [-0.1, -0.05) is 25.4 Å². The van der Waals surface area contributed by atoms with E-state index in [-0.39, 0.29) is 0 Å². The van der Waals surface area contributed by atoms with Gasteiger partial charge in [0.1, 0.15) is 10.9 Å². The van der Waals surface area contributed by atoms with Crippen LogP contribution in [0.5, 0.6) is 0 Å². The molecular weight excluding hydrogens is 351 g/mol. The molecular formula is C12H12ClIN2O. The number of halogens is 2. The first-order valence-electron chi connectivity index (χ1n) is 5.46. The van der Waals surface area contributed by atoms with E-state index >= 15 is 0 Å². The van der Waals surface area contributed by atoms with Crippen molar-refractivity contribution < 1.29 is 4.42 Å². The van der Waals surface area contributed by atoms with Crippen molar-refractivity contribution in [3.63, 3.8) is 0 Å². The average Bonchev–Trinajstić information content (AvgIpc) is 2.81. The maximum atomic E-state index is 6.09. The molecule has 2 heterocycles. The summed E-state index contributed by atoms with van der Waals surface area (Å²) in [7, 11) is 0. The lowest BCUT2D eigenvalue weighted by molar-refractivity contribution is 0.525. The van der Waals surface area contributed by atoms with Gasteiger partial charge in [-0.25, -0.2) is 9.97 Å². The van der Waals surface area contributed by atoms with Crippen molar-refractivity contribution in [2.75, 3.05) is 0 Å². The molecule has 0 aliphatic carbocycles. The fraction of sp³-hybridized carbons (Fsp3) is 0.333. The second kappa shape index (κ2) is 5.35. The summed E-state index contributed by atoms with van der Waals surface area (Å²) in [4.78, 5) is 8.72. The van der Waals surface area contributed by atoms with Crippen LogP contribution in [-0.2, 0) is 12.8 Å². The van der Waals surface area contributed by atoms with Crippen LogP contribution in [0.1, 0.15) is 25.3 Å². The summed E-state index contributed by atoms with van der Waals surface area (Å²) in [5.74, 6) is 2.16. The van der Waals surface area contributed by atoms with Crippen LogP contribution in [0.25, 0.3) is 11.6 Å². The van der Waals surface area contributed by atoms with Gasteiger partial charge in [-0.3, -0.25) is 0 Å². The number of hydrogen-bond donors (Lipinski definition) is 0. The molecule has 0 saturated carbocycles. The summed E-state index contributed by atoms with van der Waals surface area (Å²) < 4.78 is 6.54. The van der Waals surface area contributed by atoms with E-state index in [4.69, 9.17) is 16.0 Å². The Hall–Kier alpha value is -0.620. The van der Waals surface area contributed by atoms with Gasteiger partial charge in [-0.15, -0.1) is 0 Å². The highest BCUT2D eigenvalue weighted by atomic mass is 127. The lowest BCUT2D eigenvalue weighted by atomic mass is 10.3. The Balaban J connectivity index is 2.48. The summed E-state index contributed by atoms with van der Waals surface area (Å²) in [6, 6.07) is 3.83. The van der Waals surface area contributed by atoms with Gasteiger partial charge >= 0.3 is 0 Å². The molecule has 0 amide bonds. The second-order valence-electron chi connectivity index (χ2n) is 3.57. The Morgan fingerprint density at radius 3 is 2.59 bits per heavy atom. The first-order chi connectivity index (χ1) is 8.15. The zero-order valence-electron chi connectivity index (χ0n) is 9.63. The van der Waals surface area contributed by atoms with E-state index in [1.54, 1.807) is 0 Å². The van der Waals surface area contributed by atoms with E-state index in [0.29, 0.717) is 16.7 Å². The molecule has 0 saturated heterocycles. The predicted molar refractivity (Wildman–Crippen MR) is 76.2 cm³/mol. The highest BCUT2D eigenvalue weighted by molar-refractivity contribution is 14.1. The fourth-order valence-corrected chi connectivity index (χ4v) is 2.31. The van der Waals surface area contributed by atoms with E-state index in [2.05, 4.69) is 32.6 Å². The van der Waals surface area contributed by atoms with Crippen molar-refractivity contribution in [2.45, 2.75) is 26.7 Å². The largest absolute Gasteiger partial charge is 0.458 e. The number of aryl methyl sites for hydroxylation is 2. The lowest BCUT2D eigenvalue weighted by Gasteiger charge is -2.04. The van der Waals surface area contributed by atoms with Crippen molar-refractivity contribution in [1.82, 2.24) is 9.97 Å². The Morgan fingerprint density at radius 2 is 2.00 bits per heavy atom. The molecule has 5 heteroatoms. The molecule has 0 fully saturated rings. The Labute approximate surface area is 119 Å². The van der Waals surface area contributed by atoms with Crippen LogP contribution in [0.2, 0.25) is 5.15 Å². The minimum atomic E-state index is 0.488. The summed E-state index contributed by atoms with van der Waals surface area (Å²) in [6.07, 6.45) is 1.69. The molecule has 3 nitrogen and oxygen atoms in total. The van der Waals surface area contributed by atoms with Gasteiger partial charge < -0.3 is 4.42 Å². The maximum Gasteiger partial charge on any atom is 0.197 e. The van der Waals surface area contributed by atoms with Gasteiger partial charge in [0.05, 0.1) is 9.26 Å². The SMILES string of the molecule is CCc1ccc(-c2nc(Cl)c(I)c(CC)n2)o1. The molecule has 0 radical (unpaired) electrons. The van der Waals surface area contributed by atoms with Crippen molar-refractivity contribution in [1.29, 1.82) is 0 Å². The van der Waals surface area contributed by atoms with Gasteiger partial charge in [0.25, 0.3) is 0 Å². The summed E-state index contributed by atoms with van der Waals surface area (Å²) >= 11 is 8.25. The minimum Gasteiger partial charge on any atom is -0.458 e. The minimum absolute atomic E-state index is 0.488. The molecule has 0 aliphatic rings. The predicted octanol–water partition coefficient (Wildman–Crippen LogP) is 4.12. The number of rotatable bonds is 3. The molecule has 0 aromatic carbocycles. The molecule has 0 bridgehead atoms. The fourth-order valence-electron chi connectivity index (χ4n) is 1.50. The highest BCUT2D eigenvalue weighted by Crippen LogP contribution is 2.25. The third-order valence-electron chi connectivity index (χ3n) is 2.44. The lowest BCUT2D eigenvalue weighted by Crippen LogP contribution is -1.98. The number of nitrogens with zero attached hydrogens (tertiary/aromatic N) is 2. The molecule has 0 atom stereocenters. The van der Waals surface area contributed by atoms with Crippen LogP contribution in [0, 0.1) is 3.57 Å². The molecule has 2 aromatic heterocycles. The van der Waals surface area contributed by atoms with E-state index in [0.717, 1.165) is 27.9 Å². The zero-order chi connectivity index (χ0) is 12.4. The molecule has 17 heavy (non-hydrogen) atoms. The van der Waals surface area contributed by atoms with Crippen LogP contribution in [0.15, 0.2) is 16.5 Å². The number of aromatic nitrogens is 2. The van der Waals surface area contributed by atoms with Crippen LogP contribution in [-0.4, -0.2) is 9.97 Å². The van der Waals surface area contributed by atoms with Crippen molar-refractivity contribution >= 4 is 34.2 Å². The number of hydrogen-bond acceptors (Lipinski definition) is 3. The summed E-state index contributed by atoms with van der Waals surface area (Å²) in [6.45, 7) is 4.09. The van der Waals surface area contributed by atoms with Gasteiger partial charge in [-0.2, -0.15) is 0 Å². The number of furan rings is 1. The molecule has 0 spiro atoms. The van der Waals surface area contributed by atoms with Gasteiger partial charge in [0, 0.05) is 6.42 Å². The van der Waals surface area contributed by atoms with Crippen molar-refractivity contribution in [2.24, 2.45) is 0 Å². The first-order valence-corrected chi connectivity index (χ1v) is 6.92. The third-order valence-corrected chi connectivity index (χ3v) is 4.17. The van der Waals surface area contributed by atoms with Crippen LogP contribution >= 0.6 is 34.2 Å². The van der Waals surface area contributed by atoms with Gasteiger partial charge in [0.2, 0.25) is 0 Å². The average molecular weight is 363 g/mol. The van der Waals surface area contributed by atoms with Crippen molar-refractivity contribution in [3.8, 4) is 11.6 Å². The van der Waals surface area contributed by atoms with E-state index in [1.807, 2.05) is 26.0 Å². The topological polar surface area (TPSA) is 38.9 Å². The standard InChI is InChI=1S/C12H12ClIN2O/c1-3-7-5-6-9(17-7)12-15-8(4-2)10(14)11(13)16-12/h5-6H,3-4H2,1-2H3. The second-order valence-corrected chi connectivity index (χ2v) is 5.01. The quantitative estimate of drug-likeness (QED) is 0.609. The van der Waals surface area contributed by atoms with Crippen molar-refractivity contribution in [3.05, 3.63) is 32.3 Å². The summed E-state index contributed by atoms with van der Waals surface area (Å²) in [5.41, 5.74) is 0.954. The Bertz CT molecular complexity index is 539. The molecule has 2 aromatic rings. The van der Waals surface area contributed by atoms with Crippen LogP contribution < -0.4 is 0 Å². The molecule has 0 unspecified atom stereocenters.